The molecule has 1 fully saturated rings. The van der Waals surface area contributed by atoms with E-state index < -0.39 is 5.97 Å². The van der Waals surface area contributed by atoms with Gasteiger partial charge in [-0.3, -0.25) is 9.59 Å². The standard InChI is InChI=1S/C17H23NO4S/c1-12(13-3-5-15(22-2)6-4-13)9-16(19)18-7-8-23-11-14(18)10-17(20)21/h3-6,12,14H,7-11H2,1-2H3,(H,20,21). The number of benzene rings is 1. The van der Waals surface area contributed by atoms with Gasteiger partial charge in [0.1, 0.15) is 5.75 Å². The van der Waals surface area contributed by atoms with Crippen molar-refractivity contribution in [3.63, 3.8) is 0 Å². The number of rotatable bonds is 6. The Bertz CT molecular complexity index is 546. The number of carboxylic acids is 1. The maximum atomic E-state index is 12.6. The van der Waals surface area contributed by atoms with Crippen LogP contribution in [-0.4, -0.2) is 53.1 Å². The molecule has 0 aliphatic carbocycles. The predicted molar refractivity (Wildman–Crippen MR) is 91.1 cm³/mol. The molecule has 1 amide bonds. The summed E-state index contributed by atoms with van der Waals surface area (Å²) in [6, 6.07) is 7.53. The number of thioether (sulfide) groups is 1. The van der Waals surface area contributed by atoms with Gasteiger partial charge in [0.05, 0.1) is 19.6 Å². The molecule has 2 unspecified atom stereocenters. The molecule has 1 heterocycles. The summed E-state index contributed by atoms with van der Waals surface area (Å²) in [5.74, 6) is 1.65. The summed E-state index contributed by atoms with van der Waals surface area (Å²) in [6.07, 6.45) is 0.419. The van der Waals surface area contributed by atoms with Crippen molar-refractivity contribution >= 4 is 23.6 Å². The average Bonchev–Trinajstić information content (AvgIpc) is 2.54. The lowest BCUT2D eigenvalue weighted by Crippen LogP contribution is -2.47. The number of hydrogen-bond donors (Lipinski definition) is 1. The normalized spacial score (nSPS) is 19.2. The fourth-order valence-corrected chi connectivity index (χ4v) is 3.85. The van der Waals surface area contributed by atoms with Crippen LogP contribution in [0, 0.1) is 0 Å². The van der Waals surface area contributed by atoms with Gasteiger partial charge in [-0.1, -0.05) is 19.1 Å². The van der Waals surface area contributed by atoms with Gasteiger partial charge >= 0.3 is 5.97 Å². The van der Waals surface area contributed by atoms with Gasteiger partial charge in [0, 0.05) is 24.5 Å². The van der Waals surface area contributed by atoms with E-state index in [0.717, 1.165) is 17.1 Å². The highest BCUT2D eigenvalue weighted by Crippen LogP contribution is 2.25. The van der Waals surface area contributed by atoms with Crippen molar-refractivity contribution in [2.24, 2.45) is 0 Å². The molecule has 23 heavy (non-hydrogen) atoms. The van der Waals surface area contributed by atoms with Crippen molar-refractivity contribution < 1.29 is 19.4 Å². The molecule has 126 valence electrons. The second-order valence-corrected chi connectivity index (χ2v) is 6.94. The highest BCUT2D eigenvalue weighted by atomic mass is 32.2. The Hall–Kier alpha value is -1.69. The molecule has 1 aliphatic rings. The number of methoxy groups -OCH3 is 1. The van der Waals surface area contributed by atoms with Crippen LogP contribution in [0.1, 0.15) is 31.2 Å². The van der Waals surface area contributed by atoms with Gasteiger partial charge in [-0.05, 0) is 23.6 Å². The van der Waals surface area contributed by atoms with Crippen LogP contribution in [0.2, 0.25) is 0 Å². The quantitative estimate of drug-likeness (QED) is 0.864. The van der Waals surface area contributed by atoms with Crippen LogP contribution >= 0.6 is 11.8 Å². The second kappa shape index (κ2) is 8.24. The summed E-state index contributed by atoms with van der Waals surface area (Å²) >= 11 is 1.71. The summed E-state index contributed by atoms with van der Waals surface area (Å²) in [5, 5.41) is 9.02. The minimum absolute atomic E-state index is 0.0235. The van der Waals surface area contributed by atoms with E-state index in [1.165, 1.54) is 0 Å². The van der Waals surface area contributed by atoms with Gasteiger partial charge in [0.25, 0.3) is 0 Å². The van der Waals surface area contributed by atoms with Crippen LogP contribution in [0.25, 0.3) is 0 Å². The van der Waals surface area contributed by atoms with Crippen LogP contribution in [-0.2, 0) is 9.59 Å². The molecule has 0 aromatic heterocycles. The minimum Gasteiger partial charge on any atom is -0.497 e. The molecule has 0 spiro atoms. The Morgan fingerprint density at radius 2 is 2.09 bits per heavy atom. The van der Waals surface area contributed by atoms with Gasteiger partial charge in [-0.25, -0.2) is 0 Å². The van der Waals surface area contributed by atoms with Gasteiger partial charge in [0.2, 0.25) is 5.91 Å². The molecular formula is C17H23NO4S. The number of carbonyl (C=O) groups is 2. The van der Waals surface area contributed by atoms with E-state index in [9.17, 15) is 9.59 Å². The number of ether oxygens (including phenoxy) is 1. The lowest BCUT2D eigenvalue weighted by molar-refractivity contribution is -0.140. The highest BCUT2D eigenvalue weighted by Gasteiger charge is 2.29. The monoisotopic (exact) mass is 337 g/mol. The maximum absolute atomic E-state index is 12.6. The number of hydrogen-bond acceptors (Lipinski definition) is 4. The van der Waals surface area contributed by atoms with Crippen molar-refractivity contribution in [1.29, 1.82) is 0 Å². The predicted octanol–water partition coefficient (Wildman–Crippen LogP) is 2.61. The van der Waals surface area contributed by atoms with Crippen molar-refractivity contribution in [2.75, 3.05) is 25.2 Å². The summed E-state index contributed by atoms with van der Waals surface area (Å²) in [5.41, 5.74) is 1.08. The molecule has 5 nitrogen and oxygen atoms in total. The molecule has 1 aromatic carbocycles. The largest absolute Gasteiger partial charge is 0.497 e. The molecule has 1 saturated heterocycles. The molecule has 6 heteroatoms. The lowest BCUT2D eigenvalue weighted by atomic mass is 9.96. The van der Waals surface area contributed by atoms with Crippen LogP contribution in [0.3, 0.4) is 0 Å². The van der Waals surface area contributed by atoms with Gasteiger partial charge < -0.3 is 14.7 Å². The van der Waals surface area contributed by atoms with E-state index in [2.05, 4.69) is 0 Å². The third-order valence-corrected chi connectivity index (χ3v) is 5.22. The fraction of sp³-hybridized carbons (Fsp3) is 0.529. The third-order valence-electron chi connectivity index (χ3n) is 4.12. The van der Waals surface area contributed by atoms with Crippen molar-refractivity contribution in [3.8, 4) is 5.75 Å². The lowest BCUT2D eigenvalue weighted by Gasteiger charge is -2.35. The van der Waals surface area contributed by atoms with E-state index in [0.29, 0.717) is 18.7 Å². The van der Waals surface area contributed by atoms with E-state index in [1.54, 1.807) is 23.8 Å². The first-order chi connectivity index (χ1) is 11.0. The van der Waals surface area contributed by atoms with Crippen LogP contribution in [0.15, 0.2) is 24.3 Å². The van der Waals surface area contributed by atoms with E-state index in [-0.39, 0.29) is 24.3 Å². The molecule has 0 saturated carbocycles. The Labute approximate surface area is 141 Å². The molecule has 2 atom stereocenters. The van der Waals surface area contributed by atoms with E-state index >= 15 is 0 Å². The molecule has 0 bridgehead atoms. The fourth-order valence-electron chi connectivity index (χ4n) is 2.78. The zero-order valence-corrected chi connectivity index (χ0v) is 14.3. The first-order valence-corrected chi connectivity index (χ1v) is 8.89. The Morgan fingerprint density at radius 1 is 1.39 bits per heavy atom. The zero-order chi connectivity index (χ0) is 16.8. The summed E-state index contributed by atoms with van der Waals surface area (Å²) in [4.78, 5) is 25.3. The van der Waals surface area contributed by atoms with Crippen LogP contribution < -0.4 is 4.74 Å². The Balaban J connectivity index is 1.99. The Kier molecular flexibility index (Phi) is 6.33. The average molecular weight is 337 g/mol. The molecule has 0 radical (unpaired) electrons. The minimum atomic E-state index is -0.849. The van der Waals surface area contributed by atoms with Crippen LogP contribution in [0.4, 0.5) is 0 Å². The molecule has 1 aliphatic heterocycles. The molecule has 2 rings (SSSR count). The number of nitrogens with zero attached hydrogens (tertiary/aromatic N) is 1. The first-order valence-electron chi connectivity index (χ1n) is 7.74. The van der Waals surface area contributed by atoms with E-state index in [1.807, 2.05) is 31.2 Å². The maximum Gasteiger partial charge on any atom is 0.305 e. The molecule has 1 aromatic rings. The number of carbonyl (C=O) groups excluding carboxylic acids is 1. The zero-order valence-electron chi connectivity index (χ0n) is 13.5. The number of amides is 1. The van der Waals surface area contributed by atoms with Gasteiger partial charge in [-0.2, -0.15) is 11.8 Å². The smallest absolute Gasteiger partial charge is 0.305 e. The number of aliphatic carboxylic acids is 1. The first kappa shape index (κ1) is 17.7. The van der Waals surface area contributed by atoms with Crippen LogP contribution in [0.5, 0.6) is 5.75 Å². The number of carboxylic acid groups (broad SMARTS) is 1. The molecular weight excluding hydrogens is 314 g/mol. The van der Waals surface area contributed by atoms with Crippen molar-refractivity contribution in [2.45, 2.75) is 31.7 Å². The highest BCUT2D eigenvalue weighted by molar-refractivity contribution is 7.99. The Morgan fingerprint density at radius 3 is 2.70 bits per heavy atom. The van der Waals surface area contributed by atoms with Gasteiger partial charge in [-0.15, -0.1) is 0 Å². The topological polar surface area (TPSA) is 66.8 Å². The van der Waals surface area contributed by atoms with Crippen molar-refractivity contribution in [1.82, 2.24) is 4.90 Å². The summed E-state index contributed by atoms with van der Waals surface area (Å²) < 4.78 is 5.14. The third kappa shape index (κ3) is 4.89. The van der Waals surface area contributed by atoms with Gasteiger partial charge in [0.15, 0.2) is 0 Å². The second-order valence-electron chi connectivity index (χ2n) is 5.79. The van der Waals surface area contributed by atoms with E-state index in [4.69, 9.17) is 9.84 Å². The molecule has 1 N–H and O–H groups in total. The summed E-state index contributed by atoms with van der Waals surface area (Å²) in [7, 11) is 1.62. The van der Waals surface area contributed by atoms with Crippen molar-refractivity contribution in [3.05, 3.63) is 29.8 Å². The SMILES string of the molecule is COc1ccc(C(C)CC(=O)N2CCSCC2CC(=O)O)cc1. The summed E-state index contributed by atoms with van der Waals surface area (Å²) in [6.45, 7) is 2.65.